The average molecular weight is 608 g/mol. The van der Waals surface area contributed by atoms with Gasteiger partial charge in [-0.2, -0.15) is 0 Å². The molecule has 0 bridgehead atoms. The number of aromatic nitrogens is 3. The van der Waals surface area contributed by atoms with Crippen molar-refractivity contribution < 1.29 is 18.9 Å². The van der Waals surface area contributed by atoms with Gasteiger partial charge in [-0.3, -0.25) is 0 Å². The van der Waals surface area contributed by atoms with Gasteiger partial charge in [0.2, 0.25) is 12.5 Å². The first kappa shape index (κ1) is 32.9. The molecule has 14 heteroatoms. The van der Waals surface area contributed by atoms with E-state index in [0.717, 1.165) is 11.8 Å². The van der Waals surface area contributed by atoms with Gasteiger partial charge in [0, 0.05) is 46.9 Å². The van der Waals surface area contributed by atoms with Crippen molar-refractivity contribution in [3.05, 3.63) is 29.7 Å². The van der Waals surface area contributed by atoms with Crippen LogP contribution in [0.4, 0.5) is 11.5 Å². The van der Waals surface area contributed by atoms with E-state index in [9.17, 15) is 0 Å². The molecule has 3 aromatic rings. The molecule has 0 aliphatic carbocycles. The number of benzene rings is 1. The van der Waals surface area contributed by atoms with E-state index in [4.69, 9.17) is 42.1 Å². The molecule has 2 N–H and O–H groups in total. The number of fused-ring (bicyclic) bond motifs is 2. The fourth-order valence-electron chi connectivity index (χ4n) is 3.87. The van der Waals surface area contributed by atoms with Crippen molar-refractivity contribution in [2.75, 3.05) is 31.7 Å². The van der Waals surface area contributed by atoms with Crippen LogP contribution in [0.1, 0.15) is 6.42 Å². The van der Waals surface area contributed by atoms with Crippen molar-refractivity contribution in [1.29, 1.82) is 0 Å². The number of nitrogens with one attached hydrogen (secondary N) is 2. The number of hydrogen-bond donors (Lipinski definition) is 2. The molecule has 38 heavy (non-hydrogen) atoms. The number of halogens is 2. The first-order valence-electron chi connectivity index (χ1n) is 11.9. The Labute approximate surface area is 258 Å². The zero-order valence-electron chi connectivity index (χ0n) is 23.4. The van der Waals surface area contributed by atoms with Crippen molar-refractivity contribution in [2.45, 2.75) is 45.7 Å². The number of anilines is 2. The maximum absolute atomic E-state index is 6.30. The minimum absolute atomic E-state index is 0. The Balaban J connectivity index is 0.000000439. The number of methoxy groups -OCH3 is 1. The molecule has 0 amide bonds. The van der Waals surface area contributed by atoms with Gasteiger partial charge in [-0.15, -0.1) is 11.6 Å². The van der Waals surface area contributed by atoms with Crippen LogP contribution in [0.3, 0.4) is 0 Å². The monoisotopic (exact) mass is 606 g/mol. The quantitative estimate of drug-likeness (QED) is 0.172. The third-order valence-electron chi connectivity index (χ3n) is 4.80. The number of alkyl halides is 1. The Morgan fingerprint density at radius 2 is 1.71 bits per heavy atom. The van der Waals surface area contributed by atoms with E-state index >= 15 is 0 Å². The minimum atomic E-state index is -0.981. The van der Waals surface area contributed by atoms with Gasteiger partial charge in [-0.1, -0.05) is 50.9 Å². The fourth-order valence-corrected chi connectivity index (χ4v) is 13.2. The molecule has 1 aromatic carbocycles. The Kier molecular flexibility index (Phi) is 12.4. The van der Waals surface area contributed by atoms with Gasteiger partial charge in [0.25, 0.3) is 5.88 Å². The summed E-state index contributed by atoms with van der Waals surface area (Å²) in [5.41, 5.74) is 1.20. The molecule has 4 rings (SSSR count). The molecule has 0 atom stereocenters. The summed E-state index contributed by atoms with van der Waals surface area (Å²) in [4.78, 5) is 12.8. The Morgan fingerprint density at radius 3 is 2.32 bits per heavy atom. The second kappa shape index (κ2) is 14.4. The van der Waals surface area contributed by atoms with Crippen LogP contribution in [0.25, 0.3) is 10.9 Å². The van der Waals surface area contributed by atoms with Crippen molar-refractivity contribution in [3.63, 3.8) is 0 Å². The second-order valence-electron chi connectivity index (χ2n) is 10.4. The van der Waals surface area contributed by atoms with Gasteiger partial charge < -0.3 is 28.9 Å². The van der Waals surface area contributed by atoms with Crippen LogP contribution in [-0.2, 0) is 0 Å². The summed E-state index contributed by atoms with van der Waals surface area (Å²) in [6.45, 7) is 14.7. The molecule has 0 spiro atoms. The molecule has 3 heterocycles. The standard InChI is InChI=1S/C18H16Cl2N4O4.C6H19NSi2.Na/c1-25-13-5-10-12(6-14(13)26-4-2-3-19)22-8-23-17(10)24-15-11(20)7-21-18-16(15)27-9-28-18;1-8(2,3)7-9(4,5)6;/h5-8H,2-4,9H2,1H3,(H,21,22,23,24);7H,1-6H3;. The summed E-state index contributed by atoms with van der Waals surface area (Å²) in [6, 6.07) is 3.60. The van der Waals surface area contributed by atoms with E-state index in [0.29, 0.717) is 57.7 Å². The van der Waals surface area contributed by atoms with Crippen LogP contribution in [0, 0.1) is 0 Å². The summed E-state index contributed by atoms with van der Waals surface area (Å²) in [5, 5.41) is 4.30. The van der Waals surface area contributed by atoms with E-state index in [1.807, 2.05) is 0 Å². The van der Waals surface area contributed by atoms with E-state index in [1.165, 1.54) is 12.5 Å². The van der Waals surface area contributed by atoms with Gasteiger partial charge in [0.1, 0.15) is 34.3 Å². The Bertz CT molecular complexity index is 1220. The van der Waals surface area contributed by atoms with Crippen molar-refractivity contribution in [1.82, 2.24) is 19.6 Å². The fraction of sp³-hybridized carbons (Fsp3) is 0.458. The maximum Gasteiger partial charge on any atom is 0.262 e. The normalized spacial score (nSPS) is 12.3. The molecule has 1 radical (unpaired) electrons. The van der Waals surface area contributed by atoms with Gasteiger partial charge in [-0.25, -0.2) is 15.0 Å². The molecule has 0 saturated carbocycles. The largest absolute Gasteiger partial charge is 0.493 e. The van der Waals surface area contributed by atoms with Gasteiger partial charge in [-0.05, 0) is 12.5 Å². The summed E-state index contributed by atoms with van der Waals surface area (Å²) >= 11 is 12.0. The van der Waals surface area contributed by atoms with E-state index in [1.54, 1.807) is 19.2 Å². The number of pyridine rings is 1. The molecule has 1 aliphatic heterocycles. The molecule has 9 nitrogen and oxygen atoms in total. The summed E-state index contributed by atoms with van der Waals surface area (Å²) < 4.78 is 25.7. The average Bonchev–Trinajstić information content (AvgIpc) is 3.28. The zero-order chi connectivity index (χ0) is 27.2. The van der Waals surface area contributed by atoms with Crippen molar-refractivity contribution in [3.8, 4) is 23.1 Å². The predicted octanol–water partition coefficient (Wildman–Crippen LogP) is 6.03. The Morgan fingerprint density at radius 1 is 1.00 bits per heavy atom. The molecule has 203 valence electrons. The summed E-state index contributed by atoms with van der Waals surface area (Å²) in [6.07, 6.45) is 3.67. The SMILES string of the molecule is COc1cc2c(Nc3c(Cl)cnc4c3OCO4)ncnc2cc1OCCCCl.C[Si](C)(C)N[Si](C)(C)C.[Na]. The molecule has 0 fully saturated rings. The number of ether oxygens (including phenoxy) is 4. The molecular weight excluding hydrogens is 572 g/mol. The van der Waals surface area contributed by atoms with Gasteiger partial charge in [0.05, 0.1) is 30.5 Å². The van der Waals surface area contributed by atoms with E-state index in [2.05, 4.69) is 64.2 Å². The number of rotatable bonds is 9. The van der Waals surface area contributed by atoms with Crippen LogP contribution >= 0.6 is 23.2 Å². The summed E-state index contributed by atoms with van der Waals surface area (Å²) in [5.74, 6) is 3.01. The van der Waals surface area contributed by atoms with Crippen LogP contribution in [0.2, 0.25) is 44.3 Å². The van der Waals surface area contributed by atoms with Crippen LogP contribution < -0.4 is 28.9 Å². The van der Waals surface area contributed by atoms with Crippen LogP contribution in [0.15, 0.2) is 24.7 Å². The Hall–Kier alpha value is -1.32. The third kappa shape index (κ3) is 9.41. The minimum Gasteiger partial charge on any atom is -0.493 e. The van der Waals surface area contributed by atoms with Gasteiger partial charge >= 0.3 is 0 Å². The second-order valence-corrected chi connectivity index (χ2v) is 21.2. The van der Waals surface area contributed by atoms with E-state index in [-0.39, 0.29) is 36.4 Å². The summed E-state index contributed by atoms with van der Waals surface area (Å²) in [7, 11) is -0.388. The smallest absolute Gasteiger partial charge is 0.262 e. The van der Waals surface area contributed by atoms with Crippen LogP contribution in [-0.4, -0.2) is 87.4 Å². The van der Waals surface area contributed by atoms with Crippen molar-refractivity contribution in [2.24, 2.45) is 0 Å². The van der Waals surface area contributed by atoms with Gasteiger partial charge in [0.15, 0.2) is 11.5 Å². The molecule has 0 unspecified atom stereocenters. The number of hydrogen-bond acceptors (Lipinski definition) is 9. The topological polar surface area (TPSA) is 99.7 Å². The maximum atomic E-state index is 6.30. The zero-order valence-corrected chi connectivity index (χ0v) is 28.9. The molecule has 0 saturated heterocycles. The molecule has 1 aliphatic rings. The molecular formula is C24H35Cl2N5NaO4Si2. The van der Waals surface area contributed by atoms with Crippen LogP contribution in [0.5, 0.6) is 23.1 Å². The first-order chi connectivity index (χ1) is 17.4. The first-order valence-corrected chi connectivity index (χ1v) is 19.8. The van der Waals surface area contributed by atoms with E-state index < -0.39 is 16.5 Å². The predicted molar refractivity (Wildman–Crippen MR) is 161 cm³/mol. The third-order valence-corrected chi connectivity index (χ3v) is 11.4. The number of nitrogens with zero attached hydrogens (tertiary/aromatic N) is 3. The van der Waals surface area contributed by atoms with Crippen molar-refractivity contribution >= 4 is 91.6 Å². The molecule has 2 aromatic heterocycles.